The zero-order chi connectivity index (χ0) is 22.0. The Hall–Kier alpha value is -3.00. The monoisotopic (exact) mass is 437 g/mol. The number of carboxylic acid groups (broad SMARTS) is 1. The third kappa shape index (κ3) is 3.99. The number of anilines is 1. The largest absolute Gasteiger partial charge is 0.481 e. The Labute approximate surface area is 186 Å². The molecule has 8 heteroatoms. The van der Waals surface area contributed by atoms with Gasteiger partial charge in [-0.05, 0) is 86.6 Å². The third-order valence-corrected chi connectivity index (χ3v) is 6.79. The Balaban J connectivity index is 1.47. The Bertz CT molecular complexity index is 1130. The Morgan fingerprint density at radius 3 is 2.65 bits per heavy atom. The first kappa shape index (κ1) is 21.2. The van der Waals surface area contributed by atoms with E-state index >= 15 is 0 Å². The number of tetrazole rings is 1. The quantitative estimate of drug-likeness (QED) is 0.353. The van der Waals surface area contributed by atoms with E-state index < -0.39 is 5.97 Å². The van der Waals surface area contributed by atoms with Crippen LogP contribution in [0.4, 0.5) is 5.69 Å². The molecule has 3 aromatic rings. The smallest absolute Gasteiger partial charge is 0.307 e. The minimum Gasteiger partial charge on any atom is -0.481 e. The number of rotatable bonds is 8. The second-order valence-corrected chi connectivity index (χ2v) is 8.72. The molecule has 1 fully saturated rings. The number of aliphatic carboxylic acids is 1. The van der Waals surface area contributed by atoms with Crippen LogP contribution in [0.5, 0.6) is 0 Å². The molecule has 0 saturated heterocycles. The molecule has 0 amide bonds. The summed E-state index contributed by atoms with van der Waals surface area (Å²) in [6, 6.07) is 14.1. The van der Waals surface area contributed by atoms with E-state index in [-0.39, 0.29) is 11.3 Å². The lowest BCUT2D eigenvalue weighted by atomic mass is 9.53. The molecular weight excluding hydrogens is 410 g/mol. The summed E-state index contributed by atoms with van der Waals surface area (Å²) in [4.78, 5) is 12.0. The van der Waals surface area contributed by atoms with Gasteiger partial charge in [0.2, 0.25) is 4.77 Å². The number of aryl methyl sites for hydroxylation is 2. The molecule has 0 aliphatic heterocycles. The molecule has 4 rings (SSSR count). The van der Waals surface area contributed by atoms with E-state index in [1.54, 1.807) is 4.68 Å². The molecule has 31 heavy (non-hydrogen) atoms. The summed E-state index contributed by atoms with van der Waals surface area (Å²) in [7, 11) is 0. The summed E-state index contributed by atoms with van der Waals surface area (Å²) < 4.78 is 2.01. The number of carboxylic acids is 1. The van der Waals surface area contributed by atoms with Crippen LogP contribution >= 0.6 is 12.2 Å². The van der Waals surface area contributed by atoms with E-state index in [9.17, 15) is 9.90 Å². The van der Waals surface area contributed by atoms with Gasteiger partial charge in [-0.15, -0.1) is 0 Å². The number of carbonyl (C=O) groups is 1. The highest BCUT2D eigenvalue weighted by molar-refractivity contribution is 7.71. The minimum atomic E-state index is -0.681. The fourth-order valence-corrected chi connectivity index (χ4v) is 5.26. The average molecular weight is 438 g/mol. The lowest BCUT2D eigenvalue weighted by molar-refractivity contribution is -0.149. The molecule has 1 aromatic heterocycles. The predicted octanol–water partition coefficient (Wildman–Crippen LogP) is 4.57. The number of nitrogens with zero attached hydrogens (tertiary/aromatic N) is 3. The van der Waals surface area contributed by atoms with Gasteiger partial charge in [-0.25, -0.2) is 4.68 Å². The van der Waals surface area contributed by atoms with Crippen molar-refractivity contribution in [3.05, 3.63) is 63.9 Å². The van der Waals surface area contributed by atoms with Crippen molar-refractivity contribution >= 4 is 23.9 Å². The van der Waals surface area contributed by atoms with E-state index in [4.69, 9.17) is 12.2 Å². The number of aromatic nitrogens is 4. The molecule has 1 aliphatic rings. The van der Waals surface area contributed by atoms with Crippen molar-refractivity contribution in [3.63, 3.8) is 0 Å². The zero-order valence-corrected chi connectivity index (χ0v) is 18.6. The molecule has 0 spiro atoms. The molecule has 1 aliphatic carbocycles. The van der Waals surface area contributed by atoms with Crippen LogP contribution in [0, 0.1) is 24.5 Å². The first-order valence-corrected chi connectivity index (χ1v) is 11.0. The van der Waals surface area contributed by atoms with Crippen LogP contribution in [0.2, 0.25) is 0 Å². The van der Waals surface area contributed by atoms with Gasteiger partial charge < -0.3 is 10.4 Å². The van der Waals surface area contributed by atoms with Crippen LogP contribution < -0.4 is 5.32 Å². The van der Waals surface area contributed by atoms with E-state index in [0.29, 0.717) is 4.77 Å². The van der Waals surface area contributed by atoms with Crippen LogP contribution in [0.1, 0.15) is 42.4 Å². The van der Waals surface area contributed by atoms with Crippen LogP contribution in [0.15, 0.2) is 42.5 Å². The summed E-state index contributed by atoms with van der Waals surface area (Å²) >= 11 is 5.17. The number of H-pyrrole nitrogens is 1. The summed E-state index contributed by atoms with van der Waals surface area (Å²) in [6.45, 7) is 4.95. The summed E-state index contributed by atoms with van der Waals surface area (Å²) in [5, 5.41) is 23.6. The van der Waals surface area contributed by atoms with Crippen molar-refractivity contribution in [2.24, 2.45) is 5.92 Å². The average Bonchev–Trinajstić information content (AvgIpc) is 3.14. The molecule has 1 saturated carbocycles. The topological polar surface area (TPSA) is 95.8 Å². The maximum atomic E-state index is 12.0. The van der Waals surface area contributed by atoms with Gasteiger partial charge in [0.25, 0.3) is 0 Å². The molecule has 7 nitrogen and oxygen atoms in total. The predicted molar refractivity (Wildman–Crippen MR) is 122 cm³/mol. The Morgan fingerprint density at radius 2 is 2.03 bits per heavy atom. The zero-order valence-electron chi connectivity index (χ0n) is 17.8. The number of hydrogen-bond donors (Lipinski definition) is 3. The van der Waals surface area contributed by atoms with Gasteiger partial charge in [0, 0.05) is 17.6 Å². The van der Waals surface area contributed by atoms with Gasteiger partial charge in [0.05, 0.1) is 11.6 Å². The molecule has 2 atom stereocenters. The standard InChI is InChI=1S/C23H27N5O2S/c1-15-6-3-7-16(2)20(15)23(12-10-19(23)21(29)30)11-5-13-24-17-8-4-9-18(14-17)28-22(31)25-26-27-28/h3-4,6-9,14,19,24H,5,10-13H2,1-2H3,(H,29,30)(H,25,27,31). The number of nitrogens with one attached hydrogen (secondary N) is 2. The fraction of sp³-hybridized carbons (Fsp3) is 0.391. The van der Waals surface area contributed by atoms with Crippen molar-refractivity contribution in [3.8, 4) is 5.69 Å². The molecule has 3 N–H and O–H groups in total. The molecule has 162 valence electrons. The highest BCUT2D eigenvalue weighted by Crippen LogP contribution is 2.53. The van der Waals surface area contributed by atoms with Crippen molar-refractivity contribution < 1.29 is 9.90 Å². The SMILES string of the molecule is Cc1cccc(C)c1C1(CCCNc2cccc(-n3[nH]nnc3=S)c2)CCC1C(=O)O. The number of hydrogen-bond acceptors (Lipinski definition) is 5. The summed E-state index contributed by atoms with van der Waals surface area (Å²) in [5.41, 5.74) is 5.17. The maximum Gasteiger partial charge on any atom is 0.307 e. The normalized spacial score (nSPS) is 20.3. The van der Waals surface area contributed by atoms with E-state index in [0.717, 1.165) is 43.6 Å². The van der Waals surface area contributed by atoms with Crippen molar-refractivity contribution in [2.45, 2.75) is 44.9 Å². The lowest BCUT2D eigenvalue weighted by Crippen LogP contribution is -2.49. The third-order valence-electron chi connectivity index (χ3n) is 6.53. The van der Waals surface area contributed by atoms with Crippen LogP contribution in [-0.4, -0.2) is 37.8 Å². The van der Waals surface area contributed by atoms with E-state index in [2.05, 4.69) is 46.8 Å². The molecule has 0 bridgehead atoms. The highest BCUT2D eigenvalue weighted by Gasteiger charge is 2.52. The van der Waals surface area contributed by atoms with Gasteiger partial charge in [-0.2, -0.15) is 5.21 Å². The van der Waals surface area contributed by atoms with Gasteiger partial charge in [-0.3, -0.25) is 4.79 Å². The van der Waals surface area contributed by atoms with Gasteiger partial charge >= 0.3 is 5.97 Å². The fourth-order valence-electron chi connectivity index (χ4n) is 5.08. The highest BCUT2D eigenvalue weighted by atomic mass is 32.1. The van der Waals surface area contributed by atoms with Gasteiger partial charge in [0.15, 0.2) is 0 Å². The number of benzene rings is 2. The van der Waals surface area contributed by atoms with Gasteiger partial charge in [0.1, 0.15) is 0 Å². The van der Waals surface area contributed by atoms with Crippen molar-refractivity contribution in [1.29, 1.82) is 0 Å². The lowest BCUT2D eigenvalue weighted by Gasteiger charge is -2.49. The molecule has 2 aromatic carbocycles. The molecule has 0 radical (unpaired) electrons. The van der Waals surface area contributed by atoms with E-state index in [1.165, 1.54) is 16.7 Å². The van der Waals surface area contributed by atoms with Crippen LogP contribution in [0.3, 0.4) is 0 Å². The van der Waals surface area contributed by atoms with Crippen molar-refractivity contribution in [2.75, 3.05) is 11.9 Å². The summed E-state index contributed by atoms with van der Waals surface area (Å²) in [6.07, 6.45) is 3.40. The molecule has 1 heterocycles. The second-order valence-electron chi connectivity index (χ2n) is 8.35. The Kier molecular flexibility index (Phi) is 5.91. The maximum absolute atomic E-state index is 12.0. The minimum absolute atomic E-state index is 0.278. The van der Waals surface area contributed by atoms with Crippen LogP contribution in [0.25, 0.3) is 5.69 Å². The van der Waals surface area contributed by atoms with Crippen LogP contribution in [-0.2, 0) is 10.2 Å². The second kappa shape index (κ2) is 8.63. The first-order chi connectivity index (χ1) is 14.9. The Morgan fingerprint density at radius 1 is 1.29 bits per heavy atom. The number of aromatic amines is 1. The van der Waals surface area contributed by atoms with Gasteiger partial charge in [-0.1, -0.05) is 34.6 Å². The molecule has 2 unspecified atom stereocenters. The van der Waals surface area contributed by atoms with E-state index in [1.807, 2.05) is 30.3 Å². The van der Waals surface area contributed by atoms with Crippen molar-refractivity contribution in [1.82, 2.24) is 20.2 Å². The summed E-state index contributed by atoms with van der Waals surface area (Å²) in [5.74, 6) is -0.996. The first-order valence-electron chi connectivity index (χ1n) is 10.6. The molecular formula is C23H27N5O2S.